The fraction of sp³-hybridized carbons (Fsp3) is 0.417. The number of hydrogen-bond acceptors (Lipinski definition) is 4. The Bertz CT molecular complexity index is 958. The van der Waals surface area contributed by atoms with Gasteiger partial charge >= 0.3 is 0 Å². The van der Waals surface area contributed by atoms with Gasteiger partial charge in [0.15, 0.2) is 0 Å². The van der Waals surface area contributed by atoms with Crippen LogP contribution in [0.1, 0.15) is 63.3 Å². The predicted octanol–water partition coefficient (Wildman–Crippen LogP) is 4.54. The zero-order valence-corrected chi connectivity index (χ0v) is 18.5. The second-order valence-electron chi connectivity index (χ2n) is 8.55. The van der Waals surface area contributed by atoms with E-state index >= 15 is 0 Å². The lowest BCUT2D eigenvalue weighted by atomic mass is 10.00. The van der Waals surface area contributed by atoms with E-state index in [1.165, 1.54) is 15.9 Å². The molecule has 30 heavy (non-hydrogen) atoms. The Morgan fingerprint density at radius 1 is 0.933 bits per heavy atom. The highest BCUT2D eigenvalue weighted by atomic mass is 16.2. The molecule has 1 heterocycles. The van der Waals surface area contributed by atoms with Gasteiger partial charge in [0.25, 0.3) is 0 Å². The van der Waals surface area contributed by atoms with Crippen molar-refractivity contribution < 1.29 is 4.79 Å². The van der Waals surface area contributed by atoms with Crippen LogP contribution < -0.4 is 5.32 Å². The highest BCUT2D eigenvalue weighted by molar-refractivity contribution is 5.76. The van der Waals surface area contributed by atoms with Crippen LogP contribution in [-0.4, -0.2) is 26.1 Å². The Kier molecular flexibility index (Phi) is 6.98. The van der Waals surface area contributed by atoms with Crippen LogP contribution in [-0.2, 0) is 17.8 Å². The number of carbonyl (C=O) groups is 1. The topological polar surface area (TPSA) is 72.7 Å². The van der Waals surface area contributed by atoms with Gasteiger partial charge in [0.05, 0.1) is 6.04 Å². The number of tetrazole rings is 1. The fourth-order valence-electron chi connectivity index (χ4n) is 3.36. The van der Waals surface area contributed by atoms with Crippen LogP contribution in [0.5, 0.6) is 0 Å². The Morgan fingerprint density at radius 2 is 1.57 bits per heavy atom. The fourth-order valence-corrected chi connectivity index (χ4v) is 3.36. The Labute approximate surface area is 178 Å². The van der Waals surface area contributed by atoms with Gasteiger partial charge < -0.3 is 5.32 Å². The van der Waals surface area contributed by atoms with Crippen molar-refractivity contribution in [1.29, 1.82) is 0 Å². The standard InChI is InChI=1S/C24H31N5O/c1-16(2)14-19-6-8-21(9-7-19)18(5)25-23(30)15-29-27-24(26-28-29)22-12-10-20(11-13-22)17(3)4/h6-13,16-18H,14-15H2,1-5H3,(H,25,30)/t18-/m1/s1. The summed E-state index contributed by atoms with van der Waals surface area (Å²) >= 11 is 0. The van der Waals surface area contributed by atoms with Crippen LogP contribution in [0.2, 0.25) is 0 Å². The van der Waals surface area contributed by atoms with Gasteiger partial charge in [0, 0.05) is 5.56 Å². The van der Waals surface area contributed by atoms with Gasteiger partial charge in [0.2, 0.25) is 11.7 Å². The first kappa shape index (κ1) is 21.7. The van der Waals surface area contributed by atoms with E-state index in [0.29, 0.717) is 17.7 Å². The molecule has 0 spiro atoms. The monoisotopic (exact) mass is 405 g/mol. The molecular weight excluding hydrogens is 374 g/mol. The largest absolute Gasteiger partial charge is 0.348 e. The first-order valence-corrected chi connectivity index (χ1v) is 10.6. The summed E-state index contributed by atoms with van der Waals surface area (Å²) in [5, 5.41) is 15.5. The lowest BCUT2D eigenvalue weighted by Gasteiger charge is -2.15. The first-order valence-electron chi connectivity index (χ1n) is 10.6. The second kappa shape index (κ2) is 9.65. The summed E-state index contributed by atoms with van der Waals surface area (Å²) in [6.07, 6.45) is 1.06. The van der Waals surface area contributed by atoms with Gasteiger partial charge in [-0.3, -0.25) is 4.79 Å². The van der Waals surface area contributed by atoms with Gasteiger partial charge in [-0.1, -0.05) is 76.2 Å². The molecule has 0 unspecified atom stereocenters. The first-order chi connectivity index (χ1) is 14.3. The maximum absolute atomic E-state index is 12.4. The van der Waals surface area contributed by atoms with Gasteiger partial charge in [-0.15, -0.1) is 10.2 Å². The molecule has 0 saturated carbocycles. The summed E-state index contributed by atoms with van der Waals surface area (Å²) < 4.78 is 0. The molecule has 0 fully saturated rings. The molecule has 0 aliphatic rings. The lowest BCUT2D eigenvalue weighted by Crippen LogP contribution is -2.30. The number of amides is 1. The summed E-state index contributed by atoms with van der Waals surface area (Å²) in [5.41, 5.74) is 4.54. The third kappa shape index (κ3) is 5.75. The van der Waals surface area contributed by atoms with Crippen molar-refractivity contribution in [2.75, 3.05) is 0 Å². The van der Waals surface area contributed by atoms with E-state index < -0.39 is 0 Å². The van der Waals surface area contributed by atoms with E-state index in [9.17, 15) is 4.79 Å². The van der Waals surface area contributed by atoms with Crippen molar-refractivity contribution in [3.05, 3.63) is 65.2 Å². The third-order valence-electron chi connectivity index (χ3n) is 5.07. The molecule has 0 saturated heterocycles. The van der Waals surface area contributed by atoms with Gasteiger partial charge in [-0.25, -0.2) is 0 Å². The molecule has 0 aliphatic heterocycles. The average molecular weight is 406 g/mol. The Morgan fingerprint density at radius 3 is 2.17 bits per heavy atom. The number of nitrogens with zero attached hydrogens (tertiary/aromatic N) is 4. The van der Waals surface area contributed by atoms with Crippen LogP contribution in [0.4, 0.5) is 0 Å². The van der Waals surface area contributed by atoms with E-state index in [1.54, 1.807) is 0 Å². The van der Waals surface area contributed by atoms with Gasteiger partial charge in [-0.2, -0.15) is 4.80 Å². The van der Waals surface area contributed by atoms with Crippen LogP contribution in [0.25, 0.3) is 11.4 Å². The number of carbonyl (C=O) groups excluding carboxylic acids is 1. The average Bonchev–Trinajstić information content (AvgIpc) is 3.16. The summed E-state index contributed by atoms with van der Waals surface area (Å²) in [6.45, 7) is 10.7. The minimum Gasteiger partial charge on any atom is -0.348 e. The normalized spacial score (nSPS) is 12.4. The van der Waals surface area contributed by atoms with Crippen LogP contribution >= 0.6 is 0 Å². The number of nitrogens with one attached hydrogen (secondary N) is 1. The molecule has 2 aromatic carbocycles. The third-order valence-corrected chi connectivity index (χ3v) is 5.07. The van der Waals surface area contributed by atoms with Crippen molar-refractivity contribution in [2.45, 2.75) is 59.5 Å². The maximum atomic E-state index is 12.4. The smallest absolute Gasteiger partial charge is 0.244 e. The number of aromatic nitrogens is 4. The molecule has 1 atom stereocenters. The maximum Gasteiger partial charge on any atom is 0.244 e. The molecule has 1 amide bonds. The molecule has 3 rings (SSSR count). The van der Waals surface area contributed by atoms with E-state index in [4.69, 9.17) is 0 Å². The van der Waals surface area contributed by atoms with Crippen molar-refractivity contribution in [2.24, 2.45) is 5.92 Å². The molecule has 3 aromatic rings. The molecular formula is C24H31N5O. The van der Waals surface area contributed by atoms with Gasteiger partial charge in [-0.05, 0) is 47.1 Å². The van der Waals surface area contributed by atoms with E-state index in [0.717, 1.165) is 17.5 Å². The van der Waals surface area contributed by atoms with Gasteiger partial charge in [0.1, 0.15) is 6.54 Å². The Hall–Kier alpha value is -3.02. The van der Waals surface area contributed by atoms with E-state index in [2.05, 4.69) is 84.8 Å². The molecule has 1 N–H and O–H groups in total. The summed E-state index contributed by atoms with van der Waals surface area (Å²) in [4.78, 5) is 13.8. The van der Waals surface area contributed by atoms with Crippen LogP contribution in [0.15, 0.2) is 48.5 Å². The quantitative estimate of drug-likeness (QED) is 0.597. The molecule has 6 heteroatoms. The minimum absolute atomic E-state index is 0.0346. The van der Waals surface area contributed by atoms with Crippen LogP contribution in [0, 0.1) is 5.92 Å². The van der Waals surface area contributed by atoms with E-state index in [-0.39, 0.29) is 18.5 Å². The van der Waals surface area contributed by atoms with Crippen molar-refractivity contribution >= 4 is 5.91 Å². The van der Waals surface area contributed by atoms with Crippen molar-refractivity contribution in [1.82, 2.24) is 25.5 Å². The number of hydrogen-bond donors (Lipinski definition) is 1. The molecule has 1 aromatic heterocycles. The zero-order chi connectivity index (χ0) is 21.7. The van der Waals surface area contributed by atoms with E-state index in [1.807, 2.05) is 19.1 Å². The second-order valence-corrected chi connectivity index (χ2v) is 8.55. The lowest BCUT2D eigenvalue weighted by molar-refractivity contribution is -0.122. The van der Waals surface area contributed by atoms with Crippen molar-refractivity contribution in [3.8, 4) is 11.4 Å². The highest BCUT2D eigenvalue weighted by Gasteiger charge is 2.13. The van der Waals surface area contributed by atoms with Crippen LogP contribution in [0.3, 0.4) is 0 Å². The summed E-state index contributed by atoms with van der Waals surface area (Å²) in [5.74, 6) is 1.47. The molecule has 6 nitrogen and oxygen atoms in total. The zero-order valence-electron chi connectivity index (χ0n) is 18.5. The molecule has 0 radical (unpaired) electrons. The predicted molar refractivity (Wildman–Crippen MR) is 119 cm³/mol. The number of benzene rings is 2. The summed E-state index contributed by atoms with van der Waals surface area (Å²) in [6, 6.07) is 16.5. The summed E-state index contributed by atoms with van der Waals surface area (Å²) in [7, 11) is 0. The molecule has 158 valence electrons. The highest BCUT2D eigenvalue weighted by Crippen LogP contribution is 2.19. The molecule has 0 aliphatic carbocycles. The number of rotatable bonds is 8. The Balaban J connectivity index is 1.57. The minimum atomic E-state index is -0.145. The van der Waals surface area contributed by atoms with Crippen molar-refractivity contribution in [3.63, 3.8) is 0 Å². The SMILES string of the molecule is CC(C)Cc1ccc([C@@H](C)NC(=O)Cn2nnc(-c3ccc(C(C)C)cc3)n2)cc1. The molecule has 0 bridgehead atoms.